The molecular formula is C27H27N3O4S. The molecule has 0 spiro atoms. The summed E-state index contributed by atoms with van der Waals surface area (Å²) in [5.74, 6) is 1.63. The first-order valence-electron chi connectivity index (χ1n) is 11.5. The van der Waals surface area contributed by atoms with Crippen LogP contribution >= 0.6 is 12.2 Å². The highest BCUT2D eigenvalue weighted by atomic mass is 32.1. The van der Waals surface area contributed by atoms with Crippen LogP contribution in [-0.2, 0) is 0 Å². The number of rotatable bonds is 8. The fourth-order valence-electron chi connectivity index (χ4n) is 3.35. The van der Waals surface area contributed by atoms with Gasteiger partial charge < -0.3 is 19.2 Å². The number of nitrogens with zero attached hydrogens (tertiary/aromatic N) is 1. The predicted octanol–water partition coefficient (Wildman–Crippen LogP) is 6.20. The van der Waals surface area contributed by atoms with Gasteiger partial charge in [-0.25, -0.2) is 4.98 Å². The standard InChI is InChI=1S/C27H27N3O4S/c1-4-17(3)33-22-8-6-7-19(15-22)25(31)30-27(35)28-20-11-14-24-23(16-20)29-26(34-24)18-9-12-21(13-10-18)32-5-2/h6-17H,4-5H2,1-3H3,(H2,28,30,31,35)/t17-/m1/s1. The maximum absolute atomic E-state index is 12.7. The molecule has 0 bridgehead atoms. The quantitative estimate of drug-likeness (QED) is 0.285. The monoisotopic (exact) mass is 489 g/mol. The van der Waals surface area contributed by atoms with Crippen LogP contribution < -0.4 is 20.1 Å². The Balaban J connectivity index is 1.41. The summed E-state index contributed by atoms with van der Waals surface area (Å²) in [4.78, 5) is 17.2. The molecule has 0 unspecified atom stereocenters. The number of ether oxygens (including phenoxy) is 2. The number of aromatic nitrogens is 1. The molecule has 7 nitrogen and oxygen atoms in total. The highest BCUT2D eigenvalue weighted by Gasteiger charge is 2.12. The van der Waals surface area contributed by atoms with Crippen molar-refractivity contribution >= 4 is 40.0 Å². The Morgan fingerprint density at radius 2 is 1.86 bits per heavy atom. The van der Waals surface area contributed by atoms with Crippen molar-refractivity contribution < 1.29 is 18.7 Å². The van der Waals surface area contributed by atoms with Crippen molar-refractivity contribution in [3.63, 3.8) is 0 Å². The third kappa shape index (κ3) is 6.16. The minimum Gasteiger partial charge on any atom is -0.494 e. The Hall–Kier alpha value is -3.91. The number of nitrogens with one attached hydrogen (secondary N) is 2. The van der Waals surface area contributed by atoms with Gasteiger partial charge in [0.1, 0.15) is 17.0 Å². The van der Waals surface area contributed by atoms with Gasteiger partial charge in [-0.3, -0.25) is 10.1 Å². The van der Waals surface area contributed by atoms with Crippen molar-refractivity contribution in [3.05, 3.63) is 72.3 Å². The van der Waals surface area contributed by atoms with E-state index in [9.17, 15) is 4.79 Å². The van der Waals surface area contributed by atoms with Crippen LogP contribution in [0.15, 0.2) is 71.1 Å². The molecule has 0 aliphatic rings. The number of fused-ring (bicyclic) bond motifs is 1. The third-order valence-corrected chi connectivity index (χ3v) is 5.50. The van der Waals surface area contributed by atoms with E-state index in [0.717, 1.165) is 17.7 Å². The maximum atomic E-state index is 12.7. The molecule has 4 aromatic rings. The zero-order valence-electron chi connectivity index (χ0n) is 19.8. The number of amides is 1. The molecule has 180 valence electrons. The number of carbonyl (C=O) groups is 1. The van der Waals surface area contributed by atoms with Crippen LogP contribution in [0.4, 0.5) is 5.69 Å². The summed E-state index contributed by atoms with van der Waals surface area (Å²) in [6.07, 6.45) is 0.944. The minimum atomic E-state index is -0.322. The molecule has 0 radical (unpaired) electrons. The van der Waals surface area contributed by atoms with E-state index in [1.54, 1.807) is 18.2 Å². The van der Waals surface area contributed by atoms with Gasteiger partial charge in [0, 0.05) is 16.8 Å². The first-order valence-corrected chi connectivity index (χ1v) is 11.9. The minimum absolute atomic E-state index is 0.0671. The second-order valence-corrected chi connectivity index (χ2v) is 8.34. The zero-order valence-corrected chi connectivity index (χ0v) is 20.6. The van der Waals surface area contributed by atoms with Crippen molar-refractivity contribution in [2.24, 2.45) is 0 Å². The highest BCUT2D eigenvalue weighted by Crippen LogP contribution is 2.27. The van der Waals surface area contributed by atoms with Gasteiger partial charge in [-0.1, -0.05) is 13.0 Å². The molecule has 35 heavy (non-hydrogen) atoms. The Morgan fingerprint density at radius 3 is 2.60 bits per heavy atom. The number of thiocarbonyl (C=S) groups is 1. The van der Waals surface area contributed by atoms with E-state index >= 15 is 0 Å². The Morgan fingerprint density at radius 1 is 1.06 bits per heavy atom. The van der Waals surface area contributed by atoms with Gasteiger partial charge in [0.15, 0.2) is 10.7 Å². The molecule has 2 N–H and O–H groups in total. The number of hydrogen-bond acceptors (Lipinski definition) is 6. The van der Waals surface area contributed by atoms with Crippen molar-refractivity contribution in [1.29, 1.82) is 0 Å². The van der Waals surface area contributed by atoms with Gasteiger partial charge in [0.05, 0.1) is 12.7 Å². The summed E-state index contributed by atoms with van der Waals surface area (Å²) in [7, 11) is 0. The fraction of sp³-hybridized carbons (Fsp3) is 0.222. The number of hydrogen-bond donors (Lipinski definition) is 2. The summed E-state index contributed by atoms with van der Waals surface area (Å²) in [5, 5.41) is 5.91. The van der Waals surface area contributed by atoms with Crippen molar-refractivity contribution in [2.75, 3.05) is 11.9 Å². The summed E-state index contributed by atoms with van der Waals surface area (Å²) < 4.78 is 17.2. The Bertz CT molecular complexity index is 1330. The van der Waals surface area contributed by atoms with E-state index in [1.165, 1.54) is 0 Å². The SMILES string of the molecule is CCOc1ccc(-c2nc3cc(NC(=S)NC(=O)c4cccc(O[C@H](C)CC)c4)ccc3o2)cc1. The molecular weight excluding hydrogens is 462 g/mol. The van der Waals surface area contributed by atoms with Crippen LogP contribution in [0.25, 0.3) is 22.6 Å². The molecule has 3 aromatic carbocycles. The van der Waals surface area contributed by atoms with Gasteiger partial charge in [-0.05, 0) is 93.1 Å². The van der Waals surface area contributed by atoms with E-state index in [0.29, 0.717) is 40.6 Å². The molecule has 0 fully saturated rings. The van der Waals surface area contributed by atoms with Gasteiger partial charge >= 0.3 is 0 Å². The molecule has 0 aliphatic heterocycles. The van der Waals surface area contributed by atoms with Crippen LogP contribution in [0.1, 0.15) is 37.6 Å². The van der Waals surface area contributed by atoms with E-state index < -0.39 is 0 Å². The summed E-state index contributed by atoms with van der Waals surface area (Å²) in [6.45, 7) is 6.58. The van der Waals surface area contributed by atoms with E-state index in [4.69, 9.17) is 26.1 Å². The second-order valence-electron chi connectivity index (χ2n) is 7.93. The number of carbonyl (C=O) groups excluding carboxylic acids is 1. The summed E-state index contributed by atoms with van der Waals surface area (Å²) in [5.41, 5.74) is 3.31. The first kappa shape index (κ1) is 24.2. The average molecular weight is 490 g/mol. The number of oxazole rings is 1. The lowest BCUT2D eigenvalue weighted by Gasteiger charge is -2.14. The predicted molar refractivity (Wildman–Crippen MR) is 141 cm³/mol. The molecule has 0 aliphatic carbocycles. The van der Waals surface area contributed by atoms with Gasteiger partial charge in [-0.2, -0.15) is 0 Å². The Labute approximate surface area is 209 Å². The molecule has 1 heterocycles. The van der Waals surface area contributed by atoms with Crippen molar-refractivity contribution in [3.8, 4) is 23.0 Å². The molecule has 0 saturated carbocycles. The van der Waals surface area contributed by atoms with Crippen LogP contribution in [0.5, 0.6) is 11.5 Å². The van der Waals surface area contributed by atoms with Crippen LogP contribution in [0.2, 0.25) is 0 Å². The van der Waals surface area contributed by atoms with Crippen LogP contribution in [-0.4, -0.2) is 28.7 Å². The van der Waals surface area contributed by atoms with Crippen LogP contribution in [0, 0.1) is 0 Å². The van der Waals surface area contributed by atoms with Crippen molar-refractivity contribution in [1.82, 2.24) is 10.3 Å². The molecule has 1 aromatic heterocycles. The third-order valence-electron chi connectivity index (χ3n) is 5.29. The summed E-state index contributed by atoms with van der Waals surface area (Å²) >= 11 is 5.34. The Kier molecular flexibility index (Phi) is 7.62. The number of benzene rings is 3. The zero-order chi connectivity index (χ0) is 24.8. The van der Waals surface area contributed by atoms with E-state index in [2.05, 4.69) is 15.6 Å². The lowest BCUT2D eigenvalue weighted by atomic mass is 10.2. The van der Waals surface area contributed by atoms with Crippen molar-refractivity contribution in [2.45, 2.75) is 33.3 Å². The smallest absolute Gasteiger partial charge is 0.257 e. The lowest BCUT2D eigenvalue weighted by Crippen LogP contribution is -2.34. The normalized spacial score (nSPS) is 11.6. The van der Waals surface area contributed by atoms with E-state index in [-0.39, 0.29) is 17.1 Å². The topological polar surface area (TPSA) is 85.6 Å². The summed E-state index contributed by atoms with van der Waals surface area (Å²) in [6, 6.07) is 20.0. The molecule has 1 atom stereocenters. The number of anilines is 1. The lowest BCUT2D eigenvalue weighted by molar-refractivity contribution is 0.0977. The molecule has 1 amide bonds. The van der Waals surface area contributed by atoms with Gasteiger partial charge in [0.2, 0.25) is 5.89 Å². The first-order chi connectivity index (χ1) is 16.9. The highest BCUT2D eigenvalue weighted by molar-refractivity contribution is 7.80. The van der Waals surface area contributed by atoms with Crippen LogP contribution in [0.3, 0.4) is 0 Å². The van der Waals surface area contributed by atoms with E-state index in [1.807, 2.05) is 69.3 Å². The second kappa shape index (κ2) is 11.0. The molecule has 4 rings (SSSR count). The molecule has 8 heteroatoms. The maximum Gasteiger partial charge on any atom is 0.257 e. The van der Waals surface area contributed by atoms with Gasteiger partial charge in [-0.15, -0.1) is 0 Å². The largest absolute Gasteiger partial charge is 0.494 e. The average Bonchev–Trinajstić information content (AvgIpc) is 3.28. The van der Waals surface area contributed by atoms with Gasteiger partial charge in [0.25, 0.3) is 5.91 Å². The molecule has 0 saturated heterocycles. The fourth-order valence-corrected chi connectivity index (χ4v) is 3.56.